The van der Waals surface area contributed by atoms with Gasteiger partial charge in [-0.05, 0) is 6.92 Å². The lowest BCUT2D eigenvalue weighted by Crippen LogP contribution is -2.46. The minimum Gasteiger partial charge on any atom is -0.381 e. The van der Waals surface area contributed by atoms with Gasteiger partial charge in [-0.25, -0.2) is 0 Å². The molecule has 0 radical (unpaired) electrons. The van der Waals surface area contributed by atoms with Crippen molar-refractivity contribution in [2.24, 2.45) is 7.05 Å². The van der Waals surface area contributed by atoms with Crippen molar-refractivity contribution in [2.45, 2.75) is 31.8 Å². The topological polar surface area (TPSA) is 53.3 Å². The van der Waals surface area contributed by atoms with Crippen LogP contribution in [0.4, 0.5) is 0 Å². The molecular weight excluding hydrogens is 268 g/mol. The standard InChI is InChI=1S/C13H19ClN2O3/c1-9-12(14)10(16(2)15-9)8-11(17)13(18-3)4-6-19-7-5-13/h4-8H2,1-3H3. The van der Waals surface area contributed by atoms with Crippen LogP contribution in [0.2, 0.25) is 5.02 Å². The van der Waals surface area contributed by atoms with Crippen LogP contribution >= 0.6 is 11.6 Å². The Morgan fingerprint density at radius 2 is 2.16 bits per heavy atom. The van der Waals surface area contributed by atoms with Crippen molar-refractivity contribution in [2.75, 3.05) is 20.3 Å². The van der Waals surface area contributed by atoms with E-state index in [9.17, 15) is 4.79 Å². The number of carbonyl (C=O) groups excluding carboxylic acids is 1. The number of Topliss-reactive ketones (excluding diaryl/α,β-unsaturated/α-hetero) is 1. The Hall–Kier alpha value is -0.910. The molecule has 0 unspecified atom stereocenters. The van der Waals surface area contributed by atoms with Gasteiger partial charge in [-0.2, -0.15) is 5.10 Å². The van der Waals surface area contributed by atoms with E-state index in [-0.39, 0.29) is 12.2 Å². The summed E-state index contributed by atoms with van der Waals surface area (Å²) in [7, 11) is 3.38. The molecule has 1 fully saturated rings. The van der Waals surface area contributed by atoms with Crippen LogP contribution in [-0.2, 0) is 27.7 Å². The predicted molar refractivity (Wildman–Crippen MR) is 71.5 cm³/mol. The van der Waals surface area contributed by atoms with Crippen molar-refractivity contribution in [3.63, 3.8) is 0 Å². The van der Waals surface area contributed by atoms with Gasteiger partial charge in [-0.3, -0.25) is 9.48 Å². The Kier molecular flexibility index (Phi) is 4.28. The van der Waals surface area contributed by atoms with Crippen molar-refractivity contribution in [1.82, 2.24) is 9.78 Å². The van der Waals surface area contributed by atoms with E-state index >= 15 is 0 Å². The summed E-state index contributed by atoms with van der Waals surface area (Å²) in [6.07, 6.45) is 1.43. The molecule has 2 rings (SSSR count). The highest BCUT2D eigenvalue weighted by Gasteiger charge is 2.40. The monoisotopic (exact) mass is 286 g/mol. The molecule has 0 aromatic carbocycles. The minimum absolute atomic E-state index is 0.0446. The van der Waals surface area contributed by atoms with Crippen LogP contribution in [0.5, 0.6) is 0 Å². The first-order valence-electron chi connectivity index (χ1n) is 6.34. The number of aromatic nitrogens is 2. The maximum Gasteiger partial charge on any atom is 0.170 e. The normalized spacial score (nSPS) is 18.5. The summed E-state index contributed by atoms with van der Waals surface area (Å²) in [5.41, 5.74) is 0.747. The average Bonchev–Trinajstić information content (AvgIpc) is 2.66. The van der Waals surface area contributed by atoms with Crippen molar-refractivity contribution < 1.29 is 14.3 Å². The summed E-state index contributed by atoms with van der Waals surface area (Å²) in [4.78, 5) is 12.6. The summed E-state index contributed by atoms with van der Waals surface area (Å²) in [5, 5.41) is 4.79. The summed E-state index contributed by atoms with van der Waals surface area (Å²) in [5.74, 6) is 0.0446. The van der Waals surface area contributed by atoms with Crippen LogP contribution in [0.3, 0.4) is 0 Å². The number of methoxy groups -OCH3 is 1. The molecule has 0 amide bonds. The Bertz CT molecular complexity index is 478. The average molecular weight is 287 g/mol. The number of ketones is 1. The molecule has 1 aromatic rings. The van der Waals surface area contributed by atoms with Gasteiger partial charge in [0.15, 0.2) is 5.78 Å². The van der Waals surface area contributed by atoms with Gasteiger partial charge in [0.1, 0.15) is 5.60 Å². The van der Waals surface area contributed by atoms with Gasteiger partial charge in [0.05, 0.1) is 22.8 Å². The summed E-state index contributed by atoms with van der Waals surface area (Å²) >= 11 is 6.18. The Balaban J connectivity index is 2.19. The zero-order valence-electron chi connectivity index (χ0n) is 11.5. The molecule has 106 valence electrons. The molecule has 0 saturated carbocycles. The molecule has 2 heterocycles. The van der Waals surface area contributed by atoms with Crippen molar-refractivity contribution >= 4 is 17.4 Å². The van der Waals surface area contributed by atoms with Crippen molar-refractivity contribution in [1.29, 1.82) is 0 Å². The van der Waals surface area contributed by atoms with E-state index in [0.29, 0.717) is 31.1 Å². The molecule has 0 aliphatic carbocycles. The Morgan fingerprint density at radius 1 is 1.53 bits per heavy atom. The van der Waals surface area contributed by atoms with Gasteiger partial charge >= 0.3 is 0 Å². The van der Waals surface area contributed by atoms with Gasteiger partial charge in [0.2, 0.25) is 0 Å². The maximum absolute atomic E-state index is 12.6. The molecule has 6 heteroatoms. The molecule has 1 aliphatic rings. The molecular formula is C13H19ClN2O3. The lowest BCUT2D eigenvalue weighted by Gasteiger charge is -2.34. The lowest BCUT2D eigenvalue weighted by atomic mass is 9.87. The first-order chi connectivity index (χ1) is 9.00. The fourth-order valence-corrected chi connectivity index (χ4v) is 2.71. The smallest absolute Gasteiger partial charge is 0.170 e. The van der Waals surface area contributed by atoms with Gasteiger partial charge in [0, 0.05) is 40.2 Å². The molecule has 0 spiro atoms. The van der Waals surface area contributed by atoms with E-state index in [4.69, 9.17) is 21.1 Å². The van der Waals surface area contributed by atoms with Crippen LogP contribution in [0.15, 0.2) is 0 Å². The summed E-state index contributed by atoms with van der Waals surface area (Å²) in [6.45, 7) is 2.94. The van der Waals surface area contributed by atoms with Crippen molar-refractivity contribution in [3.8, 4) is 0 Å². The second kappa shape index (κ2) is 5.61. The van der Waals surface area contributed by atoms with E-state index in [1.165, 1.54) is 0 Å². The quantitative estimate of drug-likeness (QED) is 0.845. The maximum atomic E-state index is 12.6. The number of nitrogens with zero attached hydrogens (tertiary/aromatic N) is 2. The third-order valence-corrected chi connectivity index (χ3v) is 4.28. The van der Waals surface area contributed by atoms with Gasteiger partial charge in [-0.1, -0.05) is 11.6 Å². The molecule has 0 atom stereocenters. The highest BCUT2D eigenvalue weighted by atomic mass is 35.5. The van der Waals surface area contributed by atoms with Crippen LogP contribution in [0.1, 0.15) is 24.2 Å². The van der Waals surface area contributed by atoms with E-state index in [1.807, 2.05) is 6.92 Å². The number of ether oxygens (including phenoxy) is 2. The zero-order valence-corrected chi connectivity index (χ0v) is 12.3. The zero-order chi connectivity index (χ0) is 14.0. The molecule has 1 saturated heterocycles. The van der Waals surface area contributed by atoms with E-state index < -0.39 is 5.60 Å². The number of aryl methyl sites for hydroxylation is 2. The van der Waals surface area contributed by atoms with Gasteiger partial charge in [0.25, 0.3) is 0 Å². The molecule has 1 aliphatic heterocycles. The Labute approximate surface area is 117 Å². The summed E-state index contributed by atoms with van der Waals surface area (Å²) in [6, 6.07) is 0. The largest absolute Gasteiger partial charge is 0.381 e. The number of halogens is 1. The third-order valence-electron chi connectivity index (χ3n) is 3.79. The fraction of sp³-hybridized carbons (Fsp3) is 0.692. The van der Waals surface area contributed by atoms with Gasteiger partial charge in [-0.15, -0.1) is 0 Å². The minimum atomic E-state index is -0.736. The molecule has 0 bridgehead atoms. The highest BCUT2D eigenvalue weighted by molar-refractivity contribution is 6.32. The number of rotatable bonds is 4. The van der Waals surface area contributed by atoms with Crippen LogP contribution in [-0.4, -0.2) is 41.5 Å². The van der Waals surface area contributed by atoms with E-state index in [1.54, 1.807) is 18.8 Å². The third kappa shape index (κ3) is 2.68. The number of hydrogen-bond donors (Lipinski definition) is 0. The van der Waals surface area contributed by atoms with Crippen LogP contribution < -0.4 is 0 Å². The molecule has 19 heavy (non-hydrogen) atoms. The lowest BCUT2D eigenvalue weighted by molar-refractivity contribution is -0.152. The van der Waals surface area contributed by atoms with E-state index in [2.05, 4.69) is 5.10 Å². The second-order valence-electron chi connectivity index (χ2n) is 4.88. The number of hydrogen-bond acceptors (Lipinski definition) is 4. The van der Waals surface area contributed by atoms with Crippen molar-refractivity contribution in [3.05, 3.63) is 16.4 Å². The summed E-state index contributed by atoms with van der Waals surface area (Å²) < 4.78 is 12.5. The molecule has 1 aromatic heterocycles. The van der Waals surface area contributed by atoms with Crippen LogP contribution in [0.25, 0.3) is 0 Å². The molecule has 0 N–H and O–H groups in total. The first-order valence-corrected chi connectivity index (χ1v) is 6.72. The van der Waals surface area contributed by atoms with E-state index in [0.717, 1.165) is 11.4 Å². The number of carbonyl (C=O) groups is 1. The fourth-order valence-electron chi connectivity index (χ4n) is 2.48. The SMILES string of the molecule is COC1(C(=O)Cc2c(Cl)c(C)nn2C)CCOCC1. The van der Waals surface area contributed by atoms with Gasteiger partial charge < -0.3 is 9.47 Å². The predicted octanol–water partition coefficient (Wildman–Crippen LogP) is 1.69. The first kappa shape index (κ1) is 14.5. The van der Waals surface area contributed by atoms with Crippen LogP contribution in [0, 0.1) is 6.92 Å². The Morgan fingerprint density at radius 3 is 2.63 bits per heavy atom. The second-order valence-corrected chi connectivity index (χ2v) is 5.26. The highest BCUT2D eigenvalue weighted by Crippen LogP contribution is 2.29. The molecule has 5 nitrogen and oxygen atoms in total.